The van der Waals surface area contributed by atoms with Gasteiger partial charge in [0.05, 0.1) is 0 Å². The topological polar surface area (TPSA) is 64.6 Å². The van der Waals surface area contributed by atoms with E-state index in [0.717, 1.165) is 5.56 Å². The first-order chi connectivity index (χ1) is 8.99. The molecular formula is C14H19NO4. The summed E-state index contributed by atoms with van der Waals surface area (Å²) >= 11 is 0. The summed E-state index contributed by atoms with van der Waals surface area (Å²) in [5.74, 6) is -0.257. The summed E-state index contributed by atoms with van der Waals surface area (Å²) < 4.78 is 10.1. The molecule has 1 amide bonds. The van der Waals surface area contributed by atoms with Gasteiger partial charge in [-0.05, 0) is 32.4 Å². The Morgan fingerprint density at radius 3 is 2.53 bits per heavy atom. The number of para-hydroxylation sites is 1. The second-order valence-corrected chi connectivity index (χ2v) is 4.44. The van der Waals surface area contributed by atoms with E-state index in [-0.39, 0.29) is 25.2 Å². The van der Waals surface area contributed by atoms with Crippen molar-refractivity contribution in [2.24, 2.45) is 0 Å². The molecule has 0 fully saturated rings. The van der Waals surface area contributed by atoms with Crippen molar-refractivity contribution in [3.8, 4) is 5.75 Å². The van der Waals surface area contributed by atoms with Crippen molar-refractivity contribution in [1.29, 1.82) is 0 Å². The van der Waals surface area contributed by atoms with Crippen LogP contribution < -0.4 is 10.1 Å². The lowest BCUT2D eigenvalue weighted by atomic mass is 10.2. The lowest BCUT2D eigenvalue weighted by molar-refractivity contribution is -0.150. The molecule has 1 aromatic carbocycles. The van der Waals surface area contributed by atoms with Crippen molar-refractivity contribution in [2.45, 2.75) is 26.8 Å². The van der Waals surface area contributed by atoms with Crippen molar-refractivity contribution in [3.63, 3.8) is 0 Å². The van der Waals surface area contributed by atoms with Gasteiger partial charge in [-0.1, -0.05) is 18.2 Å². The largest absolute Gasteiger partial charge is 0.482 e. The standard InChI is InChI=1S/C14H19NO4/c1-10(2)15-13(16)8-19-14(17)9-18-12-7-5-4-6-11(12)3/h4-7,10H,8-9H2,1-3H3,(H,15,16). The molecule has 0 aliphatic heterocycles. The van der Waals surface area contributed by atoms with Gasteiger partial charge >= 0.3 is 5.97 Å². The molecule has 0 saturated carbocycles. The van der Waals surface area contributed by atoms with E-state index in [1.54, 1.807) is 6.07 Å². The molecular weight excluding hydrogens is 246 g/mol. The number of nitrogens with one attached hydrogen (secondary N) is 1. The predicted octanol–water partition coefficient (Wildman–Crippen LogP) is 1.44. The zero-order valence-corrected chi connectivity index (χ0v) is 11.4. The van der Waals surface area contributed by atoms with Gasteiger partial charge in [-0.2, -0.15) is 0 Å². The van der Waals surface area contributed by atoms with Crippen LogP contribution >= 0.6 is 0 Å². The lowest BCUT2D eigenvalue weighted by Gasteiger charge is -2.10. The van der Waals surface area contributed by atoms with E-state index in [2.05, 4.69) is 5.32 Å². The van der Waals surface area contributed by atoms with Gasteiger partial charge in [-0.25, -0.2) is 4.79 Å². The van der Waals surface area contributed by atoms with Crippen LogP contribution in [0.2, 0.25) is 0 Å². The van der Waals surface area contributed by atoms with Crippen LogP contribution in [0.1, 0.15) is 19.4 Å². The quantitative estimate of drug-likeness (QED) is 0.790. The number of rotatable bonds is 6. The van der Waals surface area contributed by atoms with E-state index in [1.165, 1.54) is 0 Å². The first-order valence-electron chi connectivity index (χ1n) is 6.12. The third-order valence-electron chi connectivity index (χ3n) is 2.25. The van der Waals surface area contributed by atoms with Gasteiger partial charge in [0.1, 0.15) is 5.75 Å². The fraction of sp³-hybridized carbons (Fsp3) is 0.429. The second-order valence-electron chi connectivity index (χ2n) is 4.44. The number of hydrogen-bond acceptors (Lipinski definition) is 4. The summed E-state index contributed by atoms with van der Waals surface area (Å²) in [5.41, 5.74) is 0.938. The van der Waals surface area contributed by atoms with Crippen LogP contribution in [0.15, 0.2) is 24.3 Å². The molecule has 19 heavy (non-hydrogen) atoms. The highest BCUT2D eigenvalue weighted by Gasteiger charge is 2.09. The van der Waals surface area contributed by atoms with Gasteiger partial charge in [0.2, 0.25) is 0 Å². The zero-order chi connectivity index (χ0) is 14.3. The molecule has 0 saturated heterocycles. The molecule has 0 radical (unpaired) electrons. The maximum absolute atomic E-state index is 11.4. The molecule has 0 aromatic heterocycles. The molecule has 0 atom stereocenters. The van der Waals surface area contributed by atoms with Crippen LogP contribution in [-0.4, -0.2) is 31.1 Å². The summed E-state index contributed by atoms with van der Waals surface area (Å²) in [6, 6.07) is 7.39. The Morgan fingerprint density at radius 2 is 1.89 bits per heavy atom. The normalized spacial score (nSPS) is 10.1. The Labute approximate surface area is 112 Å². The molecule has 5 nitrogen and oxygen atoms in total. The molecule has 0 unspecified atom stereocenters. The van der Waals surface area contributed by atoms with E-state index < -0.39 is 5.97 Å². The van der Waals surface area contributed by atoms with Crippen LogP contribution in [-0.2, 0) is 14.3 Å². The van der Waals surface area contributed by atoms with E-state index >= 15 is 0 Å². The number of benzene rings is 1. The van der Waals surface area contributed by atoms with E-state index in [1.807, 2.05) is 39.0 Å². The highest BCUT2D eigenvalue weighted by Crippen LogP contribution is 2.15. The molecule has 5 heteroatoms. The third-order valence-corrected chi connectivity index (χ3v) is 2.25. The molecule has 104 valence electrons. The van der Waals surface area contributed by atoms with Crippen molar-refractivity contribution in [1.82, 2.24) is 5.32 Å². The van der Waals surface area contributed by atoms with Gasteiger partial charge in [-0.3, -0.25) is 4.79 Å². The number of carbonyl (C=O) groups is 2. The summed E-state index contributed by atoms with van der Waals surface area (Å²) in [7, 11) is 0. The summed E-state index contributed by atoms with van der Waals surface area (Å²) in [5, 5.41) is 2.62. The van der Waals surface area contributed by atoms with Gasteiger partial charge in [0, 0.05) is 6.04 Å². The zero-order valence-electron chi connectivity index (χ0n) is 11.4. The minimum absolute atomic E-state index is 0.0226. The Hall–Kier alpha value is -2.04. The molecule has 1 rings (SSSR count). The van der Waals surface area contributed by atoms with Gasteiger partial charge in [0.15, 0.2) is 13.2 Å². The number of aryl methyl sites for hydroxylation is 1. The third kappa shape index (κ3) is 5.90. The highest BCUT2D eigenvalue weighted by atomic mass is 16.6. The van der Waals surface area contributed by atoms with Gasteiger partial charge in [-0.15, -0.1) is 0 Å². The van der Waals surface area contributed by atoms with Crippen molar-refractivity contribution in [2.75, 3.05) is 13.2 Å². The van der Waals surface area contributed by atoms with Gasteiger partial charge < -0.3 is 14.8 Å². The fourth-order valence-corrected chi connectivity index (χ4v) is 1.41. The number of esters is 1. The fourth-order valence-electron chi connectivity index (χ4n) is 1.41. The van der Waals surface area contributed by atoms with Crippen molar-refractivity contribution in [3.05, 3.63) is 29.8 Å². The average molecular weight is 265 g/mol. The minimum atomic E-state index is -0.567. The SMILES string of the molecule is Cc1ccccc1OCC(=O)OCC(=O)NC(C)C. The molecule has 1 aromatic rings. The molecule has 0 aliphatic carbocycles. The first kappa shape index (κ1) is 15.0. The summed E-state index contributed by atoms with van der Waals surface area (Å²) in [6.07, 6.45) is 0. The van der Waals surface area contributed by atoms with E-state index in [4.69, 9.17) is 9.47 Å². The summed E-state index contributed by atoms with van der Waals surface area (Å²) in [4.78, 5) is 22.6. The minimum Gasteiger partial charge on any atom is -0.482 e. The Bertz CT molecular complexity index is 443. The van der Waals surface area contributed by atoms with Crippen LogP contribution in [0.5, 0.6) is 5.75 Å². The van der Waals surface area contributed by atoms with E-state index in [0.29, 0.717) is 5.75 Å². The van der Waals surface area contributed by atoms with Crippen LogP contribution in [0.4, 0.5) is 0 Å². The molecule has 0 heterocycles. The monoisotopic (exact) mass is 265 g/mol. The first-order valence-corrected chi connectivity index (χ1v) is 6.12. The Kier molecular flexibility index (Phi) is 5.85. The highest BCUT2D eigenvalue weighted by molar-refractivity contribution is 5.81. The van der Waals surface area contributed by atoms with Crippen LogP contribution in [0, 0.1) is 6.92 Å². The maximum atomic E-state index is 11.4. The predicted molar refractivity (Wildman–Crippen MR) is 70.9 cm³/mol. The van der Waals surface area contributed by atoms with Crippen LogP contribution in [0.25, 0.3) is 0 Å². The second kappa shape index (κ2) is 7.41. The summed E-state index contributed by atoms with van der Waals surface area (Å²) in [6.45, 7) is 5.06. The number of carbonyl (C=O) groups excluding carboxylic acids is 2. The average Bonchev–Trinajstić information content (AvgIpc) is 2.34. The maximum Gasteiger partial charge on any atom is 0.344 e. The van der Waals surface area contributed by atoms with Gasteiger partial charge in [0.25, 0.3) is 5.91 Å². The molecule has 0 bridgehead atoms. The van der Waals surface area contributed by atoms with Crippen molar-refractivity contribution >= 4 is 11.9 Å². The lowest BCUT2D eigenvalue weighted by Crippen LogP contribution is -2.34. The molecule has 0 aliphatic rings. The van der Waals surface area contributed by atoms with Crippen LogP contribution in [0.3, 0.4) is 0 Å². The van der Waals surface area contributed by atoms with Crippen molar-refractivity contribution < 1.29 is 19.1 Å². The Morgan fingerprint density at radius 1 is 1.21 bits per heavy atom. The number of ether oxygens (including phenoxy) is 2. The Balaban J connectivity index is 2.29. The number of hydrogen-bond donors (Lipinski definition) is 1. The molecule has 0 spiro atoms. The van der Waals surface area contributed by atoms with E-state index in [9.17, 15) is 9.59 Å². The number of amides is 1. The molecule has 1 N–H and O–H groups in total. The smallest absolute Gasteiger partial charge is 0.344 e.